The van der Waals surface area contributed by atoms with Gasteiger partial charge in [0.05, 0.1) is 18.6 Å². The maximum atomic E-state index is 11.7. The van der Waals surface area contributed by atoms with Gasteiger partial charge in [0.2, 0.25) is 5.91 Å². The largest absolute Gasteiger partial charge is 0.378 e. The van der Waals surface area contributed by atoms with Gasteiger partial charge in [0.25, 0.3) is 0 Å². The Hall–Kier alpha value is -0.910. The molecule has 0 aliphatic carbocycles. The van der Waals surface area contributed by atoms with E-state index in [4.69, 9.17) is 4.74 Å². The van der Waals surface area contributed by atoms with Crippen molar-refractivity contribution in [3.63, 3.8) is 0 Å². The highest BCUT2D eigenvalue weighted by Crippen LogP contribution is 2.10. The molecular weight excluding hydrogens is 224 g/mol. The first-order valence-electron chi connectivity index (χ1n) is 5.35. The number of carbonyl (C=O) groups is 1. The molecule has 1 fully saturated rings. The number of hydrogen-bond donors (Lipinski definition) is 2. The highest BCUT2D eigenvalue weighted by atomic mass is 32.1. The van der Waals surface area contributed by atoms with Gasteiger partial charge in [-0.1, -0.05) is 6.07 Å². The average molecular weight is 240 g/mol. The molecule has 0 saturated carbocycles. The van der Waals surface area contributed by atoms with Crippen molar-refractivity contribution in [1.82, 2.24) is 10.6 Å². The summed E-state index contributed by atoms with van der Waals surface area (Å²) in [6.07, 6.45) is 0.553. The van der Waals surface area contributed by atoms with E-state index in [0.717, 1.165) is 18.0 Å². The van der Waals surface area contributed by atoms with Crippen LogP contribution >= 0.6 is 11.3 Å². The lowest BCUT2D eigenvalue weighted by molar-refractivity contribution is -0.121. The van der Waals surface area contributed by atoms with Crippen LogP contribution in [0.2, 0.25) is 0 Å². The monoisotopic (exact) mass is 240 g/mol. The normalized spacial score (nSPS) is 24.6. The molecule has 1 saturated heterocycles. The second-order valence-corrected chi connectivity index (χ2v) is 4.89. The molecule has 0 bridgehead atoms. The van der Waals surface area contributed by atoms with Crippen molar-refractivity contribution in [2.45, 2.75) is 18.6 Å². The Morgan fingerprint density at radius 3 is 3.25 bits per heavy atom. The molecule has 1 aromatic heterocycles. The SMILES string of the molecule is CO[C@H]1CNCC1NC(=O)Cc1cccs1. The molecule has 88 valence electrons. The van der Waals surface area contributed by atoms with Crippen LogP contribution in [0.4, 0.5) is 0 Å². The van der Waals surface area contributed by atoms with E-state index in [1.54, 1.807) is 18.4 Å². The van der Waals surface area contributed by atoms with Crippen LogP contribution in [0.1, 0.15) is 4.88 Å². The number of thiophene rings is 1. The van der Waals surface area contributed by atoms with Crippen molar-refractivity contribution in [2.75, 3.05) is 20.2 Å². The third-order valence-corrected chi connectivity index (χ3v) is 3.60. The van der Waals surface area contributed by atoms with Gasteiger partial charge >= 0.3 is 0 Å². The standard InChI is InChI=1S/C11H16N2O2S/c1-15-10-7-12-6-9(10)13-11(14)5-8-3-2-4-16-8/h2-4,9-10,12H,5-7H2,1H3,(H,13,14)/t9?,10-/m0/s1. The third-order valence-electron chi connectivity index (χ3n) is 2.72. The Balaban J connectivity index is 1.83. The van der Waals surface area contributed by atoms with Crippen LogP contribution in [0, 0.1) is 0 Å². The molecule has 1 aliphatic rings. The molecule has 2 atom stereocenters. The molecule has 16 heavy (non-hydrogen) atoms. The van der Waals surface area contributed by atoms with Crippen molar-refractivity contribution < 1.29 is 9.53 Å². The molecule has 1 amide bonds. The molecule has 5 heteroatoms. The fourth-order valence-electron chi connectivity index (χ4n) is 1.88. The number of amides is 1. The van der Waals surface area contributed by atoms with Crippen molar-refractivity contribution in [3.05, 3.63) is 22.4 Å². The summed E-state index contributed by atoms with van der Waals surface area (Å²) >= 11 is 1.61. The van der Waals surface area contributed by atoms with Gasteiger partial charge in [0.1, 0.15) is 0 Å². The minimum absolute atomic E-state index is 0.0678. The Morgan fingerprint density at radius 2 is 2.56 bits per heavy atom. The maximum Gasteiger partial charge on any atom is 0.225 e. The highest BCUT2D eigenvalue weighted by molar-refractivity contribution is 7.10. The summed E-state index contributed by atoms with van der Waals surface area (Å²) in [5.74, 6) is 0.0678. The summed E-state index contributed by atoms with van der Waals surface area (Å²) in [6.45, 7) is 1.59. The summed E-state index contributed by atoms with van der Waals surface area (Å²) in [7, 11) is 1.68. The fraction of sp³-hybridized carbons (Fsp3) is 0.545. The predicted octanol–water partition coefficient (Wildman–Crippen LogP) is 0.394. The number of methoxy groups -OCH3 is 1. The Bertz CT molecular complexity index is 340. The fourth-order valence-corrected chi connectivity index (χ4v) is 2.58. The minimum atomic E-state index is 0.0678. The molecule has 1 aromatic rings. The van der Waals surface area contributed by atoms with Crippen LogP contribution in [-0.2, 0) is 16.0 Å². The number of hydrogen-bond acceptors (Lipinski definition) is 4. The van der Waals surface area contributed by atoms with E-state index in [1.807, 2.05) is 17.5 Å². The van der Waals surface area contributed by atoms with E-state index in [9.17, 15) is 4.79 Å². The zero-order chi connectivity index (χ0) is 11.4. The van der Waals surface area contributed by atoms with Crippen molar-refractivity contribution >= 4 is 17.2 Å². The highest BCUT2D eigenvalue weighted by Gasteiger charge is 2.27. The molecule has 0 radical (unpaired) electrons. The van der Waals surface area contributed by atoms with E-state index in [0.29, 0.717) is 6.42 Å². The van der Waals surface area contributed by atoms with Gasteiger partial charge < -0.3 is 15.4 Å². The van der Waals surface area contributed by atoms with Crippen LogP contribution in [-0.4, -0.2) is 38.3 Å². The van der Waals surface area contributed by atoms with Gasteiger partial charge in [-0.15, -0.1) is 11.3 Å². The van der Waals surface area contributed by atoms with Gasteiger partial charge in [0, 0.05) is 25.1 Å². The molecule has 0 spiro atoms. The first-order valence-corrected chi connectivity index (χ1v) is 6.23. The number of rotatable bonds is 4. The average Bonchev–Trinajstić information content (AvgIpc) is 2.88. The number of carbonyl (C=O) groups excluding carboxylic acids is 1. The van der Waals surface area contributed by atoms with Crippen LogP contribution in [0.15, 0.2) is 17.5 Å². The Kier molecular flexibility index (Phi) is 3.93. The summed E-state index contributed by atoms with van der Waals surface area (Å²) in [6, 6.07) is 4.03. The van der Waals surface area contributed by atoms with Crippen LogP contribution in [0.5, 0.6) is 0 Å². The molecule has 2 rings (SSSR count). The first-order chi connectivity index (χ1) is 7.79. The summed E-state index contributed by atoms with van der Waals surface area (Å²) in [5.41, 5.74) is 0. The first kappa shape index (κ1) is 11.6. The quantitative estimate of drug-likeness (QED) is 0.800. The number of nitrogens with one attached hydrogen (secondary N) is 2. The van der Waals surface area contributed by atoms with Crippen molar-refractivity contribution in [3.8, 4) is 0 Å². The molecule has 4 nitrogen and oxygen atoms in total. The van der Waals surface area contributed by atoms with Crippen molar-refractivity contribution in [2.24, 2.45) is 0 Å². The zero-order valence-corrected chi connectivity index (χ0v) is 10.0. The number of ether oxygens (including phenoxy) is 1. The van der Waals surface area contributed by atoms with Crippen LogP contribution in [0.25, 0.3) is 0 Å². The van der Waals surface area contributed by atoms with Crippen molar-refractivity contribution in [1.29, 1.82) is 0 Å². The van der Waals surface area contributed by atoms with E-state index in [-0.39, 0.29) is 18.1 Å². The van der Waals surface area contributed by atoms with Gasteiger partial charge in [-0.3, -0.25) is 4.79 Å². The molecular formula is C11H16N2O2S. The lowest BCUT2D eigenvalue weighted by Gasteiger charge is -2.18. The smallest absolute Gasteiger partial charge is 0.225 e. The van der Waals surface area contributed by atoms with Gasteiger partial charge in [-0.25, -0.2) is 0 Å². The summed E-state index contributed by atoms with van der Waals surface area (Å²) < 4.78 is 5.29. The second kappa shape index (κ2) is 5.43. The molecule has 1 aliphatic heterocycles. The summed E-state index contributed by atoms with van der Waals surface area (Å²) in [4.78, 5) is 12.8. The molecule has 1 unspecified atom stereocenters. The predicted molar refractivity (Wildman–Crippen MR) is 63.6 cm³/mol. The van der Waals surface area contributed by atoms with Gasteiger partial charge in [0.15, 0.2) is 0 Å². The van der Waals surface area contributed by atoms with Gasteiger partial charge in [-0.2, -0.15) is 0 Å². The topological polar surface area (TPSA) is 50.4 Å². The minimum Gasteiger partial charge on any atom is -0.378 e. The Labute approximate surface area is 99.0 Å². The van der Waals surface area contributed by atoms with E-state index in [1.165, 1.54) is 0 Å². The van der Waals surface area contributed by atoms with E-state index >= 15 is 0 Å². The van der Waals surface area contributed by atoms with E-state index in [2.05, 4.69) is 10.6 Å². The second-order valence-electron chi connectivity index (χ2n) is 3.86. The Morgan fingerprint density at radius 1 is 1.69 bits per heavy atom. The molecule has 2 N–H and O–H groups in total. The lowest BCUT2D eigenvalue weighted by atomic mass is 10.2. The lowest BCUT2D eigenvalue weighted by Crippen LogP contribution is -2.44. The summed E-state index contributed by atoms with van der Waals surface area (Å²) in [5, 5.41) is 8.18. The van der Waals surface area contributed by atoms with E-state index < -0.39 is 0 Å². The van der Waals surface area contributed by atoms with Gasteiger partial charge in [-0.05, 0) is 11.4 Å². The third kappa shape index (κ3) is 2.81. The zero-order valence-electron chi connectivity index (χ0n) is 9.23. The molecule has 2 heterocycles. The van der Waals surface area contributed by atoms with Crippen LogP contribution < -0.4 is 10.6 Å². The van der Waals surface area contributed by atoms with Crippen LogP contribution in [0.3, 0.4) is 0 Å². The molecule has 0 aromatic carbocycles. The maximum absolute atomic E-state index is 11.7.